The van der Waals surface area contributed by atoms with Crippen molar-refractivity contribution in [2.45, 2.75) is 6.92 Å². The minimum Gasteiger partial charge on any atom is -0.483 e. The number of ether oxygens (including phenoxy) is 2. The lowest BCUT2D eigenvalue weighted by Crippen LogP contribution is -2.34. The summed E-state index contributed by atoms with van der Waals surface area (Å²) < 4.78 is 10.9. The van der Waals surface area contributed by atoms with E-state index >= 15 is 0 Å². The maximum absolute atomic E-state index is 12.5. The van der Waals surface area contributed by atoms with E-state index in [2.05, 4.69) is 21.2 Å². The van der Waals surface area contributed by atoms with Crippen molar-refractivity contribution in [2.75, 3.05) is 25.1 Å². The Balaban J connectivity index is 1.61. The summed E-state index contributed by atoms with van der Waals surface area (Å²) >= 11 is 4.14. The number of anilines is 1. The van der Waals surface area contributed by atoms with Crippen LogP contribution in [0.5, 0.6) is 5.75 Å². The molecule has 0 radical (unpaired) electrons. The van der Waals surface area contributed by atoms with Gasteiger partial charge in [-0.05, 0) is 70.5 Å². The topological polar surface area (TPSA) is 102 Å². The monoisotopic (exact) mass is 518 g/mol. The zero-order valence-electron chi connectivity index (χ0n) is 17.0. The fourth-order valence-electron chi connectivity index (χ4n) is 2.71. The van der Waals surface area contributed by atoms with E-state index in [9.17, 15) is 19.2 Å². The highest BCUT2D eigenvalue weighted by Gasteiger charge is 2.36. The molecule has 1 N–H and O–H groups in total. The van der Waals surface area contributed by atoms with Crippen LogP contribution in [0.25, 0.3) is 6.08 Å². The quantitative estimate of drug-likeness (QED) is 0.415. The van der Waals surface area contributed by atoms with E-state index in [-0.39, 0.29) is 24.0 Å². The van der Waals surface area contributed by atoms with Gasteiger partial charge in [-0.3, -0.25) is 24.1 Å². The first-order valence-corrected chi connectivity index (χ1v) is 11.2. The lowest BCUT2D eigenvalue weighted by Gasteiger charge is -2.11. The van der Waals surface area contributed by atoms with E-state index in [0.717, 1.165) is 16.7 Å². The summed E-state index contributed by atoms with van der Waals surface area (Å²) in [6.07, 6.45) is 1.55. The second-order valence-corrected chi connectivity index (χ2v) is 8.31. The number of benzene rings is 2. The van der Waals surface area contributed by atoms with Crippen molar-refractivity contribution in [3.05, 3.63) is 63.5 Å². The fraction of sp³-hybridized carbons (Fsp3) is 0.182. The van der Waals surface area contributed by atoms with Crippen LogP contribution in [-0.2, 0) is 19.1 Å². The van der Waals surface area contributed by atoms with E-state index < -0.39 is 23.7 Å². The van der Waals surface area contributed by atoms with Crippen molar-refractivity contribution in [2.24, 2.45) is 0 Å². The molecule has 1 saturated heterocycles. The molecule has 32 heavy (non-hydrogen) atoms. The van der Waals surface area contributed by atoms with Crippen LogP contribution in [0, 0.1) is 0 Å². The van der Waals surface area contributed by atoms with E-state index in [4.69, 9.17) is 9.47 Å². The molecule has 3 rings (SSSR count). The molecule has 0 bridgehead atoms. The number of nitrogens with one attached hydrogen (secondary N) is 1. The number of rotatable bonds is 8. The molecule has 1 heterocycles. The number of amides is 3. The average molecular weight is 519 g/mol. The Hall–Kier alpha value is -3.11. The number of carbonyl (C=O) groups excluding carboxylic acids is 4. The third-order valence-corrected chi connectivity index (χ3v) is 5.66. The molecule has 0 atom stereocenters. The zero-order chi connectivity index (χ0) is 23.1. The summed E-state index contributed by atoms with van der Waals surface area (Å²) in [5.41, 5.74) is 1.31. The summed E-state index contributed by atoms with van der Waals surface area (Å²) in [5.74, 6) is -1.05. The van der Waals surface area contributed by atoms with Gasteiger partial charge in [-0.1, -0.05) is 24.3 Å². The number of hydrogen-bond acceptors (Lipinski definition) is 7. The van der Waals surface area contributed by atoms with Gasteiger partial charge in [0.1, 0.15) is 12.3 Å². The van der Waals surface area contributed by atoms with Crippen LogP contribution < -0.4 is 10.1 Å². The molecule has 0 spiro atoms. The highest BCUT2D eigenvalue weighted by Crippen LogP contribution is 2.33. The summed E-state index contributed by atoms with van der Waals surface area (Å²) in [6, 6.07) is 14.1. The van der Waals surface area contributed by atoms with Crippen LogP contribution in [0.2, 0.25) is 0 Å². The predicted octanol–water partition coefficient (Wildman–Crippen LogP) is 4.07. The first-order chi connectivity index (χ1) is 15.4. The third-order valence-electron chi connectivity index (χ3n) is 4.14. The minimum atomic E-state index is -0.642. The second kappa shape index (κ2) is 11.0. The molecule has 1 fully saturated rings. The first-order valence-electron chi connectivity index (χ1n) is 9.55. The number of imide groups is 1. The highest BCUT2D eigenvalue weighted by molar-refractivity contribution is 9.10. The van der Waals surface area contributed by atoms with E-state index in [1.807, 2.05) is 18.2 Å². The van der Waals surface area contributed by atoms with Crippen LogP contribution >= 0.6 is 27.7 Å². The number of esters is 1. The molecule has 8 nitrogen and oxygen atoms in total. The Kier molecular flexibility index (Phi) is 8.07. The van der Waals surface area contributed by atoms with Crippen molar-refractivity contribution in [1.29, 1.82) is 0 Å². The number of para-hydroxylation sites is 1. The van der Waals surface area contributed by atoms with Gasteiger partial charge in [-0.15, -0.1) is 0 Å². The van der Waals surface area contributed by atoms with Crippen molar-refractivity contribution in [3.63, 3.8) is 0 Å². The smallest absolute Gasteiger partial charge is 0.326 e. The van der Waals surface area contributed by atoms with Crippen molar-refractivity contribution >= 4 is 62.5 Å². The maximum Gasteiger partial charge on any atom is 0.326 e. The van der Waals surface area contributed by atoms with Crippen LogP contribution in [0.3, 0.4) is 0 Å². The lowest BCUT2D eigenvalue weighted by atomic mass is 10.2. The van der Waals surface area contributed by atoms with Gasteiger partial charge < -0.3 is 14.8 Å². The molecule has 0 aliphatic carbocycles. The van der Waals surface area contributed by atoms with Gasteiger partial charge in [0, 0.05) is 5.69 Å². The van der Waals surface area contributed by atoms with Gasteiger partial charge in [-0.25, -0.2) is 0 Å². The maximum atomic E-state index is 12.5. The van der Waals surface area contributed by atoms with E-state index in [1.54, 1.807) is 43.3 Å². The van der Waals surface area contributed by atoms with Crippen molar-refractivity contribution < 1.29 is 28.7 Å². The van der Waals surface area contributed by atoms with Crippen LogP contribution in [0.15, 0.2) is 57.9 Å². The van der Waals surface area contributed by atoms with E-state index in [1.165, 1.54) is 0 Å². The first kappa shape index (κ1) is 23.6. The SMILES string of the molecule is CCOC(=O)CN1C(=O)S/C(=C/c2ccc(OCC(=O)Nc3ccccc3)c(Br)c2)C1=O. The molecule has 10 heteroatoms. The normalized spacial score (nSPS) is 14.6. The summed E-state index contributed by atoms with van der Waals surface area (Å²) in [4.78, 5) is 49.2. The summed E-state index contributed by atoms with van der Waals surface area (Å²) in [5, 5.41) is 2.20. The van der Waals surface area contributed by atoms with Crippen LogP contribution in [0.1, 0.15) is 12.5 Å². The van der Waals surface area contributed by atoms with Crippen molar-refractivity contribution in [3.8, 4) is 5.75 Å². The number of thioether (sulfide) groups is 1. The van der Waals surface area contributed by atoms with Gasteiger partial charge in [0.15, 0.2) is 6.61 Å². The molecule has 1 aliphatic rings. The molecular formula is C22H19BrN2O6S. The molecule has 2 aromatic carbocycles. The molecule has 0 unspecified atom stereocenters. The van der Waals surface area contributed by atoms with Crippen LogP contribution in [-0.4, -0.2) is 47.7 Å². The molecule has 0 saturated carbocycles. The second-order valence-electron chi connectivity index (χ2n) is 6.47. The summed E-state index contributed by atoms with van der Waals surface area (Å²) in [7, 11) is 0. The standard InChI is InChI=1S/C22H19BrN2O6S/c1-2-30-20(27)12-25-21(28)18(32-22(25)29)11-14-8-9-17(16(23)10-14)31-13-19(26)24-15-6-4-3-5-7-15/h3-11H,2,12-13H2,1H3,(H,24,26)/b18-11+. The fourth-order valence-corrected chi connectivity index (χ4v) is 4.06. The Bertz CT molecular complexity index is 1070. The number of carbonyl (C=O) groups is 4. The Labute approximate surface area is 197 Å². The minimum absolute atomic E-state index is 0.168. The van der Waals surface area contributed by atoms with Crippen LogP contribution in [0.4, 0.5) is 10.5 Å². The third kappa shape index (κ3) is 6.21. The number of hydrogen-bond donors (Lipinski definition) is 1. The Morgan fingerprint density at radius 3 is 2.59 bits per heavy atom. The van der Waals surface area contributed by atoms with Gasteiger partial charge in [-0.2, -0.15) is 0 Å². The largest absolute Gasteiger partial charge is 0.483 e. The Morgan fingerprint density at radius 2 is 1.91 bits per heavy atom. The molecular weight excluding hydrogens is 500 g/mol. The summed E-state index contributed by atoms with van der Waals surface area (Å²) in [6.45, 7) is 1.21. The molecule has 166 valence electrons. The molecule has 1 aliphatic heterocycles. The van der Waals surface area contributed by atoms with Gasteiger partial charge >= 0.3 is 5.97 Å². The molecule has 2 aromatic rings. The highest BCUT2D eigenvalue weighted by atomic mass is 79.9. The van der Waals surface area contributed by atoms with E-state index in [0.29, 0.717) is 21.5 Å². The van der Waals surface area contributed by atoms with Crippen molar-refractivity contribution in [1.82, 2.24) is 4.90 Å². The average Bonchev–Trinajstić information content (AvgIpc) is 3.01. The molecule has 3 amide bonds. The number of halogens is 1. The zero-order valence-corrected chi connectivity index (χ0v) is 19.4. The molecule has 0 aromatic heterocycles. The number of nitrogens with zero attached hydrogens (tertiary/aromatic N) is 1. The lowest BCUT2D eigenvalue weighted by molar-refractivity contribution is -0.146. The predicted molar refractivity (Wildman–Crippen MR) is 124 cm³/mol. The Morgan fingerprint density at radius 1 is 1.16 bits per heavy atom. The van der Waals surface area contributed by atoms with Gasteiger partial charge in [0.25, 0.3) is 17.1 Å². The van der Waals surface area contributed by atoms with Gasteiger partial charge in [0.2, 0.25) is 0 Å². The van der Waals surface area contributed by atoms with Gasteiger partial charge in [0.05, 0.1) is 16.0 Å².